The smallest absolute Gasteiger partial charge is 0.112 e. The molecular weight excluding hydrogens is 202 g/mol. The van der Waals surface area contributed by atoms with E-state index in [9.17, 15) is 0 Å². The van der Waals surface area contributed by atoms with E-state index in [2.05, 4.69) is 10.3 Å². The Morgan fingerprint density at radius 2 is 2.06 bits per heavy atom. The highest BCUT2D eigenvalue weighted by Crippen LogP contribution is 2.16. The molecule has 0 aliphatic carbocycles. The molecule has 16 heavy (non-hydrogen) atoms. The van der Waals surface area contributed by atoms with Crippen LogP contribution in [0.2, 0.25) is 0 Å². The lowest BCUT2D eigenvalue weighted by molar-refractivity contribution is 0.275. The number of rotatable bonds is 3. The molecule has 4 nitrogen and oxygen atoms in total. The Balaban J connectivity index is 2.56. The second-order valence-electron chi connectivity index (χ2n) is 3.69. The summed E-state index contributed by atoms with van der Waals surface area (Å²) in [6.07, 6.45) is 0.803. The van der Waals surface area contributed by atoms with Gasteiger partial charge < -0.3 is 5.11 Å². The highest BCUT2D eigenvalue weighted by atomic mass is 16.3. The molecule has 4 heteroatoms. The lowest BCUT2D eigenvalue weighted by Gasteiger charge is -2.08. The van der Waals surface area contributed by atoms with Gasteiger partial charge in [-0.3, -0.25) is 0 Å². The van der Waals surface area contributed by atoms with E-state index in [-0.39, 0.29) is 6.61 Å². The second-order valence-corrected chi connectivity index (χ2v) is 3.69. The number of para-hydroxylation sites is 1. The average Bonchev–Trinajstić information content (AvgIpc) is 2.72. The number of nitrogens with zero attached hydrogens (tertiary/aromatic N) is 3. The van der Waals surface area contributed by atoms with Crippen LogP contribution in [0.15, 0.2) is 24.3 Å². The van der Waals surface area contributed by atoms with E-state index in [1.54, 1.807) is 4.68 Å². The van der Waals surface area contributed by atoms with Crippen LogP contribution in [-0.2, 0) is 13.0 Å². The summed E-state index contributed by atoms with van der Waals surface area (Å²) in [5.41, 5.74) is 3.79. The van der Waals surface area contributed by atoms with Crippen LogP contribution >= 0.6 is 0 Å². The summed E-state index contributed by atoms with van der Waals surface area (Å²) in [6, 6.07) is 8.01. The van der Waals surface area contributed by atoms with Crippen molar-refractivity contribution in [1.82, 2.24) is 15.0 Å². The summed E-state index contributed by atoms with van der Waals surface area (Å²) < 4.78 is 1.81. The molecule has 0 saturated heterocycles. The van der Waals surface area contributed by atoms with Crippen molar-refractivity contribution in [2.75, 3.05) is 0 Å². The van der Waals surface area contributed by atoms with Crippen molar-refractivity contribution < 1.29 is 5.11 Å². The number of aryl methyl sites for hydroxylation is 1. The molecule has 0 unspecified atom stereocenters. The third kappa shape index (κ3) is 1.72. The number of hydrogen-bond acceptors (Lipinski definition) is 3. The van der Waals surface area contributed by atoms with E-state index >= 15 is 0 Å². The van der Waals surface area contributed by atoms with Crippen LogP contribution in [-0.4, -0.2) is 20.1 Å². The fourth-order valence-electron chi connectivity index (χ4n) is 1.80. The second kappa shape index (κ2) is 4.45. The molecule has 0 radical (unpaired) electrons. The average molecular weight is 217 g/mol. The number of hydrogen-bond donors (Lipinski definition) is 1. The van der Waals surface area contributed by atoms with Gasteiger partial charge in [0, 0.05) is 0 Å². The molecule has 0 saturated carbocycles. The van der Waals surface area contributed by atoms with Crippen LogP contribution in [0.1, 0.15) is 23.9 Å². The molecule has 1 heterocycles. The minimum atomic E-state index is -0.0605. The van der Waals surface area contributed by atoms with Gasteiger partial charge in [0.25, 0.3) is 0 Å². The molecule has 0 aliphatic heterocycles. The third-order valence-corrected chi connectivity index (χ3v) is 2.67. The van der Waals surface area contributed by atoms with Gasteiger partial charge in [-0.2, -0.15) is 0 Å². The number of aliphatic hydroxyl groups excluding tert-OH is 1. The Hall–Kier alpha value is -1.68. The van der Waals surface area contributed by atoms with Crippen LogP contribution in [0.4, 0.5) is 0 Å². The summed E-state index contributed by atoms with van der Waals surface area (Å²) in [6.45, 7) is 4.01. The van der Waals surface area contributed by atoms with Gasteiger partial charge in [-0.25, -0.2) is 4.68 Å². The molecule has 2 rings (SSSR count). The quantitative estimate of drug-likeness (QED) is 0.850. The molecule has 0 fully saturated rings. The first-order valence-electron chi connectivity index (χ1n) is 5.38. The standard InChI is InChI=1S/C12H15N3O/c1-3-11-10(8-16)13-14-15(11)12-7-5-4-6-9(12)2/h4-7,16H,3,8H2,1-2H3. The van der Waals surface area contributed by atoms with Crippen molar-refractivity contribution in [3.8, 4) is 5.69 Å². The monoisotopic (exact) mass is 217 g/mol. The van der Waals surface area contributed by atoms with Gasteiger partial charge in [0.2, 0.25) is 0 Å². The largest absolute Gasteiger partial charge is 0.390 e. The van der Waals surface area contributed by atoms with Gasteiger partial charge in [-0.15, -0.1) is 5.10 Å². The molecule has 1 aromatic heterocycles. The number of aromatic nitrogens is 3. The Bertz CT molecular complexity index is 491. The van der Waals surface area contributed by atoms with Crippen LogP contribution in [0.25, 0.3) is 5.69 Å². The first kappa shape index (κ1) is 10.8. The van der Waals surface area contributed by atoms with Crippen molar-refractivity contribution in [2.24, 2.45) is 0 Å². The van der Waals surface area contributed by atoms with Crippen LogP contribution in [0.3, 0.4) is 0 Å². The lowest BCUT2D eigenvalue weighted by atomic mass is 10.2. The minimum Gasteiger partial charge on any atom is -0.390 e. The van der Waals surface area contributed by atoms with Crippen molar-refractivity contribution >= 4 is 0 Å². The maximum atomic E-state index is 9.16. The predicted octanol–water partition coefficient (Wildman–Crippen LogP) is 1.63. The topological polar surface area (TPSA) is 50.9 Å². The lowest BCUT2D eigenvalue weighted by Crippen LogP contribution is -2.04. The fraction of sp³-hybridized carbons (Fsp3) is 0.333. The summed E-state index contributed by atoms with van der Waals surface area (Å²) in [5, 5.41) is 17.2. The zero-order valence-corrected chi connectivity index (χ0v) is 9.51. The van der Waals surface area contributed by atoms with Gasteiger partial charge >= 0.3 is 0 Å². The Morgan fingerprint density at radius 1 is 1.31 bits per heavy atom. The summed E-state index contributed by atoms with van der Waals surface area (Å²) in [4.78, 5) is 0. The van der Waals surface area contributed by atoms with Crippen molar-refractivity contribution in [1.29, 1.82) is 0 Å². The summed E-state index contributed by atoms with van der Waals surface area (Å²) in [7, 11) is 0. The maximum Gasteiger partial charge on any atom is 0.112 e. The zero-order valence-electron chi connectivity index (χ0n) is 9.51. The highest BCUT2D eigenvalue weighted by molar-refractivity contribution is 5.40. The van der Waals surface area contributed by atoms with Gasteiger partial charge in [0.05, 0.1) is 18.0 Å². The minimum absolute atomic E-state index is 0.0605. The molecule has 0 amide bonds. The van der Waals surface area contributed by atoms with Crippen molar-refractivity contribution in [2.45, 2.75) is 26.9 Å². The Labute approximate surface area is 94.5 Å². The van der Waals surface area contributed by atoms with Gasteiger partial charge in [0.1, 0.15) is 5.69 Å². The van der Waals surface area contributed by atoms with E-state index in [0.29, 0.717) is 5.69 Å². The fourth-order valence-corrected chi connectivity index (χ4v) is 1.80. The van der Waals surface area contributed by atoms with E-state index in [1.807, 2.05) is 38.1 Å². The molecular formula is C12H15N3O. The molecule has 0 atom stereocenters. The Morgan fingerprint density at radius 3 is 2.69 bits per heavy atom. The van der Waals surface area contributed by atoms with Gasteiger partial charge in [-0.1, -0.05) is 30.3 Å². The molecule has 2 aromatic rings. The maximum absolute atomic E-state index is 9.16. The van der Waals surface area contributed by atoms with Crippen molar-refractivity contribution in [3.63, 3.8) is 0 Å². The SMILES string of the molecule is CCc1c(CO)nnn1-c1ccccc1C. The Kier molecular flexibility index (Phi) is 3.01. The molecule has 0 aliphatic rings. The predicted molar refractivity (Wildman–Crippen MR) is 61.4 cm³/mol. The number of benzene rings is 1. The van der Waals surface area contributed by atoms with E-state index in [1.165, 1.54) is 0 Å². The number of aliphatic hydroxyl groups is 1. The van der Waals surface area contributed by atoms with Crippen molar-refractivity contribution in [3.05, 3.63) is 41.2 Å². The van der Waals surface area contributed by atoms with E-state index in [4.69, 9.17) is 5.11 Å². The molecule has 1 N–H and O–H groups in total. The van der Waals surface area contributed by atoms with Crippen LogP contribution in [0, 0.1) is 6.92 Å². The van der Waals surface area contributed by atoms with E-state index < -0.39 is 0 Å². The van der Waals surface area contributed by atoms with Crippen LogP contribution < -0.4 is 0 Å². The first-order valence-corrected chi connectivity index (χ1v) is 5.38. The molecule has 0 spiro atoms. The van der Waals surface area contributed by atoms with Gasteiger partial charge in [-0.05, 0) is 25.0 Å². The van der Waals surface area contributed by atoms with Gasteiger partial charge in [0.15, 0.2) is 0 Å². The molecule has 1 aromatic carbocycles. The molecule has 0 bridgehead atoms. The van der Waals surface area contributed by atoms with E-state index in [0.717, 1.165) is 23.4 Å². The molecule has 84 valence electrons. The summed E-state index contributed by atoms with van der Waals surface area (Å²) in [5.74, 6) is 0. The third-order valence-electron chi connectivity index (χ3n) is 2.67. The zero-order chi connectivity index (χ0) is 11.5. The first-order chi connectivity index (χ1) is 7.77. The van der Waals surface area contributed by atoms with Crippen LogP contribution in [0.5, 0.6) is 0 Å². The highest BCUT2D eigenvalue weighted by Gasteiger charge is 2.12. The normalized spacial score (nSPS) is 10.7. The summed E-state index contributed by atoms with van der Waals surface area (Å²) >= 11 is 0.